The molecule has 0 aliphatic carbocycles. The van der Waals surface area contributed by atoms with Gasteiger partial charge in [0.2, 0.25) is 0 Å². The lowest BCUT2D eigenvalue weighted by Crippen LogP contribution is -2.11. The number of hydrogen-bond donors (Lipinski definition) is 0. The third-order valence-corrected chi connectivity index (χ3v) is 3.51. The summed E-state index contributed by atoms with van der Waals surface area (Å²) in [5.74, 6) is 0. The van der Waals surface area contributed by atoms with Crippen molar-refractivity contribution < 1.29 is 0 Å². The summed E-state index contributed by atoms with van der Waals surface area (Å²) in [7, 11) is 0. The molecule has 0 spiro atoms. The summed E-state index contributed by atoms with van der Waals surface area (Å²) in [4.78, 5) is 0. The van der Waals surface area contributed by atoms with Crippen LogP contribution in [0.25, 0.3) is 10.8 Å². The number of benzene rings is 2. The maximum absolute atomic E-state index is 2.34. The van der Waals surface area contributed by atoms with E-state index >= 15 is 0 Å². The fraction of sp³-hybridized carbons (Fsp3) is 0.474. The van der Waals surface area contributed by atoms with Gasteiger partial charge in [-0.1, -0.05) is 77.9 Å². The monoisotopic (exact) mass is 254 g/mol. The highest BCUT2D eigenvalue weighted by Crippen LogP contribution is 2.28. The molecule has 0 unspecified atom stereocenters. The molecule has 19 heavy (non-hydrogen) atoms. The molecule has 0 atom stereocenters. The average molecular weight is 254 g/mol. The molecule has 0 N–H and O–H groups in total. The van der Waals surface area contributed by atoms with E-state index < -0.39 is 0 Å². The molecule has 0 saturated heterocycles. The van der Waals surface area contributed by atoms with Gasteiger partial charge >= 0.3 is 0 Å². The Hall–Kier alpha value is -1.30. The second-order valence-corrected chi connectivity index (χ2v) is 7.88. The first-order valence-corrected chi connectivity index (χ1v) is 7.18. The molecule has 0 heteroatoms. The minimum atomic E-state index is 0.221. The van der Waals surface area contributed by atoms with Crippen LogP contribution in [0.5, 0.6) is 0 Å². The van der Waals surface area contributed by atoms with Crippen molar-refractivity contribution in [1.29, 1.82) is 0 Å². The molecule has 0 aliphatic heterocycles. The Morgan fingerprint density at radius 3 is 1.89 bits per heavy atom. The second kappa shape index (κ2) is 4.67. The van der Waals surface area contributed by atoms with E-state index in [-0.39, 0.29) is 5.41 Å². The average Bonchev–Trinajstić information content (AvgIpc) is 2.24. The fourth-order valence-electron chi connectivity index (χ4n) is 2.48. The Bertz CT molecular complexity index is 577. The summed E-state index contributed by atoms with van der Waals surface area (Å²) in [6.07, 6.45) is 1.13. The lowest BCUT2D eigenvalue weighted by Gasteiger charge is -2.20. The van der Waals surface area contributed by atoms with E-state index in [1.165, 1.54) is 21.9 Å². The van der Waals surface area contributed by atoms with Crippen LogP contribution in [0.3, 0.4) is 0 Å². The molecule has 2 aromatic rings. The Morgan fingerprint density at radius 1 is 0.737 bits per heavy atom. The maximum atomic E-state index is 2.34. The van der Waals surface area contributed by atoms with Gasteiger partial charge in [0.25, 0.3) is 0 Å². The molecular weight excluding hydrogens is 228 g/mol. The van der Waals surface area contributed by atoms with Gasteiger partial charge in [-0.2, -0.15) is 0 Å². The van der Waals surface area contributed by atoms with Crippen molar-refractivity contribution in [2.45, 2.75) is 53.4 Å². The van der Waals surface area contributed by atoms with Gasteiger partial charge in [0, 0.05) is 0 Å². The van der Waals surface area contributed by atoms with Crippen LogP contribution in [0, 0.1) is 5.41 Å². The SMILES string of the molecule is CC(C)(C)Cc1ccc2cc(C(C)(C)C)ccc2c1. The van der Waals surface area contributed by atoms with Crippen molar-refractivity contribution in [2.24, 2.45) is 5.41 Å². The summed E-state index contributed by atoms with van der Waals surface area (Å²) in [6, 6.07) is 13.8. The Kier molecular flexibility index (Phi) is 3.47. The smallest absolute Gasteiger partial charge is 0.0132 e. The van der Waals surface area contributed by atoms with Gasteiger partial charge in [0.15, 0.2) is 0 Å². The molecule has 0 saturated carbocycles. The molecule has 0 aliphatic rings. The first-order valence-electron chi connectivity index (χ1n) is 7.18. The molecule has 2 aromatic carbocycles. The van der Waals surface area contributed by atoms with Crippen LogP contribution in [-0.2, 0) is 11.8 Å². The van der Waals surface area contributed by atoms with Crippen molar-refractivity contribution in [3.63, 3.8) is 0 Å². The standard InChI is InChI=1S/C19H26/c1-18(2,3)13-14-7-8-16-12-17(19(4,5)6)10-9-15(16)11-14/h7-12H,13H2,1-6H3. The van der Waals surface area contributed by atoms with Crippen LogP contribution in [0.2, 0.25) is 0 Å². The van der Waals surface area contributed by atoms with Gasteiger partial charge < -0.3 is 0 Å². The van der Waals surface area contributed by atoms with Crippen molar-refractivity contribution in [3.05, 3.63) is 47.5 Å². The molecule has 0 aromatic heterocycles. The molecule has 0 nitrogen and oxygen atoms in total. The van der Waals surface area contributed by atoms with Crippen molar-refractivity contribution in [2.75, 3.05) is 0 Å². The van der Waals surface area contributed by atoms with Crippen molar-refractivity contribution in [1.82, 2.24) is 0 Å². The van der Waals surface area contributed by atoms with Gasteiger partial charge in [0.1, 0.15) is 0 Å². The van der Waals surface area contributed by atoms with E-state index in [2.05, 4.69) is 77.9 Å². The van der Waals surface area contributed by atoms with Gasteiger partial charge in [-0.15, -0.1) is 0 Å². The van der Waals surface area contributed by atoms with Gasteiger partial charge in [0.05, 0.1) is 0 Å². The molecule has 0 radical (unpaired) electrons. The predicted molar refractivity (Wildman–Crippen MR) is 85.8 cm³/mol. The van der Waals surface area contributed by atoms with Crippen LogP contribution in [0.1, 0.15) is 52.7 Å². The highest BCUT2D eigenvalue weighted by Gasteiger charge is 2.14. The highest BCUT2D eigenvalue weighted by atomic mass is 14.2. The summed E-state index contributed by atoms with van der Waals surface area (Å²) < 4.78 is 0. The summed E-state index contributed by atoms with van der Waals surface area (Å²) in [5, 5.41) is 2.71. The second-order valence-electron chi connectivity index (χ2n) is 7.88. The lowest BCUT2D eigenvalue weighted by molar-refractivity contribution is 0.411. The first-order chi connectivity index (χ1) is 8.65. The zero-order chi connectivity index (χ0) is 14.3. The van der Waals surface area contributed by atoms with Gasteiger partial charge in [-0.25, -0.2) is 0 Å². The number of hydrogen-bond acceptors (Lipinski definition) is 0. The van der Waals surface area contributed by atoms with Gasteiger partial charge in [-0.3, -0.25) is 0 Å². The van der Waals surface area contributed by atoms with Crippen LogP contribution >= 0.6 is 0 Å². The quantitative estimate of drug-likeness (QED) is 0.610. The third-order valence-electron chi connectivity index (χ3n) is 3.51. The molecule has 102 valence electrons. The van der Waals surface area contributed by atoms with E-state index in [1.54, 1.807) is 0 Å². The van der Waals surface area contributed by atoms with Crippen LogP contribution in [0.15, 0.2) is 36.4 Å². The van der Waals surface area contributed by atoms with Crippen LogP contribution in [0.4, 0.5) is 0 Å². The minimum Gasteiger partial charge on any atom is -0.0599 e. The number of rotatable bonds is 1. The maximum Gasteiger partial charge on any atom is -0.0132 e. The minimum absolute atomic E-state index is 0.221. The van der Waals surface area contributed by atoms with Crippen LogP contribution < -0.4 is 0 Å². The largest absolute Gasteiger partial charge is 0.0599 e. The summed E-state index contributed by atoms with van der Waals surface area (Å²) in [5.41, 5.74) is 3.41. The van der Waals surface area contributed by atoms with E-state index in [1.807, 2.05) is 0 Å². The Morgan fingerprint density at radius 2 is 1.32 bits per heavy atom. The molecular formula is C19H26. The summed E-state index contributed by atoms with van der Waals surface area (Å²) >= 11 is 0. The van der Waals surface area contributed by atoms with Crippen molar-refractivity contribution >= 4 is 10.8 Å². The topological polar surface area (TPSA) is 0 Å². The van der Waals surface area contributed by atoms with Crippen LogP contribution in [-0.4, -0.2) is 0 Å². The third kappa shape index (κ3) is 3.59. The number of fused-ring (bicyclic) bond motifs is 1. The first kappa shape index (κ1) is 14.1. The normalized spacial score (nSPS) is 12.9. The fourth-order valence-corrected chi connectivity index (χ4v) is 2.48. The highest BCUT2D eigenvalue weighted by molar-refractivity contribution is 5.84. The predicted octanol–water partition coefficient (Wildman–Crippen LogP) is 5.73. The summed E-state index contributed by atoms with van der Waals surface area (Å²) in [6.45, 7) is 13.7. The Balaban J connectivity index is 2.41. The lowest BCUT2D eigenvalue weighted by atomic mass is 9.84. The zero-order valence-electron chi connectivity index (χ0n) is 13.2. The molecule has 0 bridgehead atoms. The molecule has 0 amide bonds. The molecule has 0 heterocycles. The van der Waals surface area contributed by atoms with E-state index in [4.69, 9.17) is 0 Å². The molecule has 2 rings (SSSR count). The van der Waals surface area contributed by atoms with E-state index in [9.17, 15) is 0 Å². The Labute approximate surface area is 117 Å². The zero-order valence-corrected chi connectivity index (χ0v) is 13.2. The molecule has 0 fully saturated rings. The van der Waals surface area contributed by atoms with Crippen molar-refractivity contribution in [3.8, 4) is 0 Å². The van der Waals surface area contributed by atoms with E-state index in [0.717, 1.165) is 6.42 Å². The van der Waals surface area contributed by atoms with E-state index in [0.29, 0.717) is 5.41 Å². The van der Waals surface area contributed by atoms with Gasteiger partial charge in [-0.05, 0) is 39.2 Å².